The third kappa shape index (κ3) is 1.26. The number of carboxylic acid groups (broad SMARTS) is 1. The van der Waals surface area contributed by atoms with Gasteiger partial charge in [0.25, 0.3) is 0 Å². The van der Waals surface area contributed by atoms with Crippen LogP contribution in [0.15, 0.2) is 18.2 Å². The molecule has 0 radical (unpaired) electrons. The Bertz CT molecular complexity index is 516. The average molecular weight is 210 g/mol. The molecule has 0 aliphatic rings. The summed E-state index contributed by atoms with van der Waals surface area (Å²) in [5.41, 5.74) is 1.84. The number of aromatic carboxylic acids is 1. The molecule has 0 spiro atoms. The number of hydrogen-bond acceptors (Lipinski definition) is 1. The van der Waals surface area contributed by atoms with Gasteiger partial charge >= 0.3 is 5.97 Å². The summed E-state index contributed by atoms with van der Waals surface area (Å²) in [7, 11) is 0. The van der Waals surface area contributed by atoms with Crippen LogP contribution in [0.4, 0.5) is 0 Å². The Morgan fingerprint density at radius 2 is 2.21 bits per heavy atom. The number of H-pyrrole nitrogens is 1. The monoisotopic (exact) mass is 209 g/mol. The Hall–Kier alpha value is -1.48. The molecule has 1 aromatic carbocycles. The number of benzene rings is 1. The lowest BCUT2D eigenvalue weighted by Crippen LogP contribution is -1.95. The molecule has 0 amide bonds. The van der Waals surface area contributed by atoms with E-state index < -0.39 is 5.97 Å². The van der Waals surface area contributed by atoms with Crippen molar-refractivity contribution >= 4 is 28.5 Å². The zero-order chi connectivity index (χ0) is 10.3. The van der Waals surface area contributed by atoms with Gasteiger partial charge < -0.3 is 10.1 Å². The fourth-order valence-corrected chi connectivity index (χ4v) is 1.59. The van der Waals surface area contributed by atoms with Crippen LogP contribution in [0.25, 0.3) is 10.9 Å². The molecule has 0 fully saturated rings. The van der Waals surface area contributed by atoms with E-state index in [2.05, 4.69) is 4.98 Å². The van der Waals surface area contributed by atoms with Crippen LogP contribution >= 0.6 is 11.6 Å². The summed E-state index contributed by atoms with van der Waals surface area (Å²) in [6.07, 6.45) is 0. The molecule has 72 valence electrons. The SMILES string of the molecule is Cc1c(Cl)ccc2cc(C(=O)O)[nH]c12. The minimum Gasteiger partial charge on any atom is -0.477 e. The van der Waals surface area contributed by atoms with Crippen LogP contribution in [0.1, 0.15) is 16.1 Å². The number of aryl methyl sites for hydroxylation is 1. The van der Waals surface area contributed by atoms with E-state index in [4.69, 9.17) is 16.7 Å². The maximum Gasteiger partial charge on any atom is 0.352 e. The molecule has 0 bridgehead atoms. The second-order valence-corrected chi connectivity index (χ2v) is 3.53. The highest BCUT2D eigenvalue weighted by Crippen LogP contribution is 2.25. The van der Waals surface area contributed by atoms with Crippen molar-refractivity contribution in [2.75, 3.05) is 0 Å². The normalized spacial score (nSPS) is 10.7. The average Bonchev–Trinajstić information content (AvgIpc) is 2.56. The number of aromatic amines is 1. The van der Waals surface area contributed by atoms with Gasteiger partial charge in [0.15, 0.2) is 0 Å². The van der Waals surface area contributed by atoms with E-state index in [1.54, 1.807) is 18.2 Å². The van der Waals surface area contributed by atoms with E-state index in [0.29, 0.717) is 5.02 Å². The van der Waals surface area contributed by atoms with Gasteiger partial charge in [0, 0.05) is 10.4 Å². The number of nitrogens with one attached hydrogen (secondary N) is 1. The van der Waals surface area contributed by atoms with E-state index >= 15 is 0 Å². The maximum atomic E-state index is 10.7. The molecule has 14 heavy (non-hydrogen) atoms. The molecule has 4 heteroatoms. The van der Waals surface area contributed by atoms with Crippen molar-refractivity contribution in [2.45, 2.75) is 6.92 Å². The first-order chi connectivity index (χ1) is 6.59. The predicted molar refractivity (Wildman–Crippen MR) is 55.0 cm³/mol. The second-order valence-electron chi connectivity index (χ2n) is 3.12. The van der Waals surface area contributed by atoms with E-state index in [1.165, 1.54) is 0 Å². The van der Waals surface area contributed by atoms with Crippen molar-refractivity contribution in [1.29, 1.82) is 0 Å². The molecule has 1 aromatic heterocycles. The Balaban J connectivity index is 2.77. The topological polar surface area (TPSA) is 53.1 Å². The fourth-order valence-electron chi connectivity index (χ4n) is 1.43. The van der Waals surface area contributed by atoms with Crippen LogP contribution in [0, 0.1) is 6.92 Å². The minimum absolute atomic E-state index is 0.186. The van der Waals surface area contributed by atoms with Crippen LogP contribution in [0.2, 0.25) is 5.02 Å². The van der Waals surface area contributed by atoms with Gasteiger partial charge in [0.2, 0.25) is 0 Å². The van der Waals surface area contributed by atoms with Crippen molar-refractivity contribution in [3.05, 3.63) is 34.5 Å². The lowest BCUT2D eigenvalue weighted by atomic mass is 10.2. The first kappa shape index (κ1) is 9.09. The molecule has 0 saturated carbocycles. The molecule has 0 atom stereocenters. The van der Waals surface area contributed by atoms with Crippen LogP contribution in [-0.4, -0.2) is 16.1 Å². The molecular weight excluding hydrogens is 202 g/mol. The maximum absolute atomic E-state index is 10.7. The number of carbonyl (C=O) groups is 1. The van der Waals surface area contributed by atoms with E-state index in [9.17, 15) is 4.79 Å². The van der Waals surface area contributed by atoms with Crippen LogP contribution in [0.3, 0.4) is 0 Å². The largest absolute Gasteiger partial charge is 0.477 e. The van der Waals surface area contributed by atoms with Gasteiger partial charge in [0.1, 0.15) is 5.69 Å². The van der Waals surface area contributed by atoms with Crippen LogP contribution < -0.4 is 0 Å². The molecule has 2 N–H and O–H groups in total. The van der Waals surface area contributed by atoms with Gasteiger partial charge in [-0.3, -0.25) is 0 Å². The predicted octanol–water partition coefficient (Wildman–Crippen LogP) is 2.83. The summed E-state index contributed by atoms with van der Waals surface area (Å²) < 4.78 is 0. The summed E-state index contributed by atoms with van der Waals surface area (Å²) in [4.78, 5) is 13.5. The number of carboxylic acids is 1. The Labute approximate surface area is 85.3 Å². The standard InChI is InChI=1S/C10H8ClNO2/c1-5-7(11)3-2-6-4-8(10(13)14)12-9(5)6/h2-4,12H,1H3,(H,13,14). The number of fused-ring (bicyclic) bond motifs is 1. The van der Waals surface area contributed by atoms with Gasteiger partial charge in [-0.15, -0.1) is 0 Å². The summed E-state index contributed by atoms with van der Waals surface area (Å²) in [6.45, 7) is 1.85. The molecule has 1 heterocycles. The number of halogens is 1. The molecule has 2 aromatic rings. The Morgan fingerprint density at radius 3 is 2.86 bits per heavy atom. The number of aromatic nitrogens is 1. The molecule has 2 rings (SSSR count). The van der Waals surface area contributed by atoms with Gasteiger partial charge in [-0.1, -0.05) is 17.7 Å². The summed E-state index contributed by atoms with van der Waals surface area (Å²) >= 11 is 5.91. The third-order valence-electron chi connectivity index (χ3n) is 2.22. The van der Waals surface area contributed by atoms with Crippen molar-refractivity contribution in [2.24, 2.45) is 0 Å². The highest BCUT2D eigenvalue weighted by atomic mass is 35.5. The van der Waals surface area contributed by atoms with Crippen molar-refractivity contribution in [3.8, 4) is 0 Å². The Kier molecular flexibility index (Phi) is 1.97. The quantitative estimate of drug-likeness (QED) is 0.759. The molecule has 0 unspecified atom stereocenters. The molecule has 0 aliphatic heterocycles. The third-order valence-corrected chi connectivity index (χ3v) is 2.63. The summed E-state index contributed by atoms with van der Waals surface area (Å²) in [5, 5.41) is 10.3. The molecular formula is C10H8ClNO2. The first-order valence-corrected chi connectivity index (χ1v) is 4.48. The minimum atomic E-state index is -0.961. The van der Waals surface area contributed by atoms with Gasteiger partial charge in [-0.25, -0.2) is 4.79 Å². The van der Waals surface area contributed by atoms with Crippen molar-refractivity contribution < 1.29 is 9.90 Å². The molecule has 3 nitrogen and oxygen atoms in total. The number of rotatable bonds is 1. The van der Waals surface area contributed by atoms with Crippen molar-refractivity contribution in [3.63, 3.8) is 0 Å². The summed E-state index contributed by atoms with van der Waals surface area (Å²) in [5.74, 6) is -0.961. The summed E-state index contributed by atoms with van der Waals surface area (Å²) in [6, 6.07) is 5.16. The second kappa shape index (κ2) is 3.03. The zero-order valence-corrected chi connectivity index (χ0v) is 8.22. The first-order valence-electron chi connectivity index (χ1n) is 4.10. The smallest absolute Gasteiger partial charge is 0.352 e. The zero-order valence-electron chi connectivity index (χ0n) is 7.47. The Morgan fingerprint density at radius 1 is 1.50 bits per heavy atom. The van der Waals surface area contributed by atoms with Crippen LogP contribution in [0.5, 0.6) is 0 Å². The van der Waals surface area contributed by atoms with Gasteiger partial charge in [0.05, 0.1) is 5.52 Å². The van der Waals surface area contributed by atoms with E-state index in [0.717, 1.165) is 16.5 Å². The fraction of sp³-hybridized carbons (Fsp3) is 0.100. The van der Waals surface area contributed by atoms with Gasteiger partial charge in [-0.2, -0.15) is 0 Å². The number of hydrogen-bond donors (Lipinski definition) is 2. The van der Waals surface area contributed by atoms with Crippen molar-refractivity contribution in [1.82, 2.24) is 4.98 Å². The lowest BCUT2D eigenvalue weighted by Gasteiger charge is -1.97. The molecule has 0 saturated heterocycles. The lowest BCUT2D eigenvalue weighted by molar-refractivity contribution is 0.0691. The van der Waals surface area contributed by atoms with E-state index in [-0.39, 0.29) is 5.69 Å². The molecule has 0 aliphatic carbocycles. The highest BCUT2D eigenvalue weighted by molar-refractivity contribution is 6.32. The van der Waals surface area contributed by atoms with E-state index in [1.807, 2.05) is 6.92 Å². The van der Waals surface area contributed by atoms with Crippen LogP contribution in [-0.2, 0) is 0 Å². The highest BCUT2D eigenvalue weighted by Gasteiger charge is 2.09. The van der Waals surface area contributed by atoms with Gasteiger partial charge in [-0.05, 0) is 24.6 Å².